The summed E-state index contributed by atoms with van der Waals surface area (Å²) in [4.78, 5) is 24.5. The number of ether oxygens (including phenoxy) is 2. The van der Waals surface area contributed by atoms with Crippen LogP contribution in [0, 0.1) is 24.2 Å². The van der Waals surface area contributed by atoms with Gasteiger partial charge in [0.05, 0.1) is 28.3 Å². The number of rotatable bonds is 8. The van der Waals surface area contributed by atoms with Gasteiger partial charge in [-0.2, -0.15) is 10.4 Å². The van der Waals surface area contributed by atoms with Gasteiger partial charge in [-0.3, -0.25) is 9.58 Å². The van der Waals surface area contributed by atoms with Gasteiger partial charge in [0.2, 0.25) is 5.95 Å². The first kappa shape index (κ1) is 35.5. The predicted molar refractivity (Wildman–Crippen MR) is 190 cm³/mol. The minimum atomic E-state index is -2.13. The average Bonchev–Trinajstić information content (AvgIpc) is 3.50. The van der Waals surface area contributed by atoms with E-state index in [0.717, 1.165) is 55.1 Å². The Labute approximate surface area is 286 Å². The number of amides is 1. The number of hydrogen-bond acceptors (Lipinski definition) is 9. The van der Waals surface area contributed by atoms with E-state index >= 15 is 0 Å². The van der Waals surface area contributed by atoms with E-state index in [1.165, 1.54) is 0 Å². The molecule has 0 aliphatic carbocycles. The molecule has 2 aromatic heterocycles. The summed E-state index contributed by atoms with van der Waals surface area (Å²) in [5.41, 5.74) is 3.64. The van der Waals surface area contributed by atoms with Crippen molar-refractivity contribution in [1.29, 1.82) is 5.26 Å². The van der Waals surface area contributed by atoms with Crippen molar-refractivity contribution < 1.29 is 18.7 Å². The highest BCUT2D eigenvalue weighted by Gasteiger charge is 2.47. The minimum Gasteiger partial charge on any atom is -0.443 e. The fourth-order valence-electron chi connectivity index (χ4n) is 5.91. The van der Waals surface area contributed by atoms with E-state index in [2.05, 4.69) is 57.2 Å². The first-order chi connectivity index (χ1) is 22.4. The Bertz CT molecular complexity index is 1700. The third kappa shape index (κ3) is 7.74. The summed E-state index contributed by atoms with van der Waals surface area (Å²) < 4.78 is 20.1. The molecule has 2 aliphatic rings. The predicted octanol–water partition coefficient (Wildman–Crippen LogP) is 7.73. The average molecular weight is 674 g/mol. The zero-order chi connectivity index (χ0) is 35.1. The molecule has 11 nitrogen and oxygen atoms in total. The number of hydrogen-bond donors (Lipinski definition) is 1. The molecule has 1 aromatic carbocycles. The monoisotopic (exact) mass is 673 g/mol. The zero-order valence-electron chi connectivity index (χ0n) is 30.2. The summed E-state index contributed by atoms with van der Waals surface area (Å²) in [7, 11) is -2.13. The number of nitrogens with one attached hydrogen (secondary N) is 1. The van der Waals surface area contributed by atoms with Gasteiger partial charge in [0.15, 0.2) is 8.32 Å². The highest BCUT2D eigenvalue weighted by atomic mass is 28.4. The minimum absolute atomic E-state index is 0.0132. The van der Waals surface area contributed by atoms with Crippen LogP contribution in [0.15, 0.2) is 30.6 Å². The number of carbonyl (C=O) groups excluding carboxylic acids is 1. The molecule has 0 saturated carbocycles. The molecule has 1 saturated heterocycles. The van der Waals surface area contributed by atoms with E-state index in [1.807, 2.05) is 50.7 Å². The van der Waals surface area contributed by atoms with Gasteiger partial charge in [-0.05, 0) is 88.3 Å². The van der Waals surface area contributed by atoms with Crippen molar-refractivity contribution in [3.8, 4) is 17.3 Å². The summed E-state index contributed by atoms with van der Waals surface area (Å²) in [6, 6.07) is 8.02. The van der Waals surface area contributed by atoms with Gasteiger partial charge in [0, 0.05) is 56.3 Å². The quantitative estimate of drug-likeness (QED) is 0.239. The van der Waals surface area contributed by atoms with Crippen molar-refractivity contribution in [2.45, 2.75) is 104 Å². The second-order valence-corrected chi connectivity index (χ2v) is 20.8. The lowest BCUT2D eigenvalue weighted by atomic mass is 9.83. The van der Waals surface area contributed by atoms with Gasteiger partial charge in [-0.25, -0.2) is 14.8 Å². The largest absolute Gasteiger partial charge is 0.443 e. The van der Waals surface area contributed by atoms with Crippen LogP contribution < -0.4 is 10.2 Å². The molecule has 1 fully saturated rings. The van der Waals surface area contributed by atoms with Crippen molar-refractivity contribution in [3.63, 3.8) is 0 Å². The fourth-order valence-corrected chi connectivity index (χ4v) is 7.02. The maximum Gasteiger partial charge on any atom is 0.414 e. The third-order valence-corrected chi connectivity index (χ3v) is 14.2. The number of nitriles is 1. The van der Waals surface area contributed by atoms with Crippen LogP contribution in [0.4, 0.5) is 22.1 Å². The van der Waals surface area contributed by atoms with E-state index < -0.39 is 25.4 Å². The van der Waals surface area contributed by atoms with Crippen molar-refractivity contribution in [1.82, 2.24) is 19.7 Å². The van der Waals surface area contributed by atoms with Crippen molar-refractivity contribution in [2.24, 2.45) is 5.92 Å². The highest BCUT2D eigenvalue weighted by Crippen LogP contribution is 2.47. The van der Waals surface area contributed by atoms with Crippen molar-refractivity contribution in [2.75, 3.05) is 36.6 Å². The number of aryl methyl sites for hydroxylation is 1. The van der Waals surface area contributed by atoms with Crippen LogP contribution in [0.2, 0.25) is 18.1 Å². The van der Waals surface area contributed by atoms with Gasteiger partial charge in [-0.1, -0.05) is 27.7 Å². The van der Waals surface area contributed by atoms with Gasteiger partial charge < -0.3 is 19.2 Å². The Morgan fingerprint density at radius 3 is 2.54 bits per heavy atom. The normalized spacial score (nSPS) is 18.8. The summed E-state index contributed by atoms with van der Waals surface area (Å²) in [6.45, 7) is 23.8. The molecule has 1 atom stereocenters. The lowest BCUT2D eigenvalue weighted by Gasteiger charge is -2.39. The van der Waals surface area contributed by atoms with Gasteiger partial charge in [0.1, 0.15) is 11.7 Å². The standard InChI is InChI=1S/C36H51N7O4Si/c1-24-30(21-42(41-24)20-25-12-15-45-16-13-25)40-32-38-14-11-29(39-32)26-17-27(19-37)31-28(18-26)36(8,23-46-48(9,10)35(5,6)7)22-43(31)33(44)47-34(2,3)4/h11,14,17-18,21,25H,12-13,15-16,20,22-23H2,1-10H3,(H,38,39,40)/t36-/m1/s1. The molecular formula is C36H51N7O4Si. The van der Waals surface area contributed by atoms with Crippen LogP contribution in [0.1, 0.15) is 78.1 Å². The Hall–Kier alpha value is -3.79. The summed E-state index contributed by atoms with van der Waals surface area (Å²) in [5.74, 6) is 0.975. The first-order valence-corrected chi connectivity index (χ1v) is 19.8. The topological polar surface area (TPSA) is 127 Å². The SMILES string of the molecule is Cc1nn(CC2CCOCC2)cc1Nc1nccc(-c2cc(C#N)c3c(c2)[C@@](C)(CO[Si](C)(C)C(C)(C)C)CN3C(=O)OC(C)(C)C)n1. The molecule has 0 spiro atoms. The number of nitrogens with zero attached hydrogens (tertiary/aromatic N) is 6. The molecule has 48 heavy (non-hydrogen) atoms. The first-order valence-electron chi connectivity index (χ1n) is 16.8. The molecule has 0 unspecified atom stereocenters. The van der Waals surface area contributed by atoms with Gasteiger partial charge in [-0.15, -0.1) is 0 Å². The van der Waals surface area contributed by atoms with E-state index in [-0.39, 0.29) is 5.04 Å². The third-order valence-electron chi connectivity index (χ3n) is 9.76. The molecule has 4 heterocycles. The lowest BCUT2D eigenvalue weighted by Crippen LogP contribution is -2.46. The Morgan fingerprint density at radius 2 is 1.90 bits per heavy atom. The van der Waals surface area contributed by atoms with Gasteiger partial charge in [0.25, 0.3) is 0 Å². The lowest BCUT2D eigenvalue weighted by molar-refractivity contribution is 0.0574. The molecule has 258 valence electrons. The van der Waals surface area contributed by atoms with Crippen LogP contribution >= 0.6 is 0 Å². The Morgan fingerprint density at radius 1 is 1.19 bits per heavy atom. The second kappa shape index (κ2) is 13.3. The maximum atomic E-state index is 13.6. The molecule has 12 heteroatoms. The molecule has 5 rings (SSSR count). The van der Waals surface area contributed by atoms with Crippen LogP contribution in [-0.4, -0.2) is 66.1 Å². The van der Waals surface area contributed by atoms with E-state index in [0.29, 0.717) is 42.0 Å². The van der Waals surface area contributed by atoms with Crippen molar-refractivity contribution in [3.05, 3.63) is 47.4 Å². The summed E-state index contributed by atoms with van der Waals surface area (Å²) in [5, 5.41) is 18.5. The highest BCUT2D eigenvalue weighted by molar-refractivity contribution is 6.74. The molecule has 3 aromatic rings. The molecule has 0 bridgehead atoms. The zero-order valence-corrected chi connectivity index (χ0v) is 31.2. The van der Waals surface area contributed by atoms with Crippen LogP contribution in [0.5, 0.6) is 0 Å². The van der Waals surface area contributed by atoms with E-state index in [4.69, 9.17) is 24.0 Å². The Kier molecular flexibility index (Phi) is 9.81. The molecular weight excluding hydrogens is 623 g/mol. The van der Waals surface area contributed by atoms with Crippen LogP contribution in [0.3, 0.4) is 0 Å². The molecule has 0 radical (unpaired) electrons. The summed E-state index contributed by atoms with van der Waals surface area (Å²) in [6.07, 6.45) is 5.30. The van der Waals surface area contributed by atoms with Gasteiger partial charge >= 0.3 is 6.09 Å². The maximum absolute atomic E-state index is 13.6. The molecule has 1 amide bonds. The number of benzene rings is 1. The second-order valence-electron chi connectivity index (χ2n) is 16.0. The fraction of sp³-hybridized carbons (Fsp3) is 0.583. The number of aromatic nitrogens is 4. The number of carbonyl (C=O) groups is 1. The molecule has 2 aliphatic heterocycles. The van der Waals surface area contributed by atoms with E-state index in [9.17, 15) is 10.1 Å². The smallest absolute Gasteiger partial charge is 0.414 e. The van der Waals surface area contributed by atoms with Crippen LogP contribution in [0.25, 0.3) is 11.3 Å². The summed E-state index contributed by atoms with van der Waals surface area (Å²) >= 11 is 0. The molecule has 1 N–H and O–H groups in total. The van der Waals surface area contributed by atoms with Crippen molar-refractivity contribution >= 4 is 31.7 Å². The van der Waals surface area contributed by atoms with E-state index in [1.54, 1.807) is 17.2 Å². The number of anilines is 3. The van der Waals surface area contributed by atoms with Crippen LogP contribution in [-0.2, 0) is 25.9 Å². The Balaban J connectivity index is 1.48. The number of fused-ring (bicyclic) bond motifs is 1.